The molecule has 2 aromatic rings. The first-order valence-electron chi connectivity index (χ1n) is 8.45. The number of carbonyl (C=O) groups excluding carboxylic acids is 2. The minimum atomic E-state index is -0.735. The Hall–Kier alpha value is -3.33. The molecule has 3 rings (SSSR count). The maximum atomic E-state index is 12.4. The van der Waals surface area contributed by atoms with E-state index < -0.39 is 6.10 Å². The summed E-state index contributed by atoms with van der Waals surface area (Å²) in [5, 5.41) is 11.7. The fourth-order valence-electron chi connectivity index (χ4n) is 2.81. The molecule has 1 aliphatic rings. The molecule has 6 nitrogen and oxygen atoms in total. The molecule has 0 radical (unpaired) electrons. The Balaban J connectivity index is 1.65. The first-order valence-corrected chi connectivity index (χ1v) is 8.45. The molecule has 0 bridgehead atoms. The zero-order chi connectivity index (χ0) is 18.5. The fraction of sp³-hybridized carbons (Fsp3) is 0.250. The molecule has 1 heterocycles. The van der Waals surface area contributed by atoms with Crippen molar-refractivity contribution < 1.29 is 14.3 Å². The van der Waals surface area contributed by atoms with Crippen LogP contribution in [0.5, 0.6) is 5.75 Å². The van der Waals surface area contributed by atoms with E-state index in [4.69, 9.17) is 10.00 Å². The zero-order valence-corrected chi connectivity index (χ0v) is 14.4. The van der Waals surface area contributed by atoms with Gasteiger partial charge in [-0.3, -0.25) is 9.59 Å². The van der Waals surface area contributed by atoms with Crippen molar-refractivity contribution in [3.8, 4) is 11.8 Å². The van der Waals surface area contributed by atoms with Crippen LogP contribution >= 0.6 is 0 Å². The van der Waals surface area contributed by atoms with Crippen molar-refractivity contribution in [2.75, 3.05) is 16.8 Å². The smallest absolute Gasteiger partial charge is 0.265 e. The van der Waals surface area contributed by atoms with Crippen molar-refractivity contribution in [2.45, 2.75) is 25.9 Å². The third-order valence-corrected chi connectivity index (χ3v) is 4.14. The van der Waals surface area contributed by atoms with Gasteiger partial charge in [-0.2, -0.15) is 5.26 Å². The lowest BCUT2D eigenvalue weighted by molar-refractivity contribution is -0.122. The highest BCUT2D eigenvalue weighted by Gasteiger charge is 2.22. The zero-order valence-electron chi connectivity index (χ0n) is 14.4. The summed E-state index contributed by atoms with van der Waals surface area (Å²) >= 11 is 0. The van der Waals surface area contributed by atoms with Crippen LogP contribution in [0.1, 0.15) is 25.3 Å². The van der Waals surface area contributed by atoms with Crippen molar-refractivity contribution in [1.82, 2.24) is 0 Å². The summed E-state index contributed by atoms with van der Waals surface area (Å²) in [6.07, 6.45) is 0.673. The van der Waals surface area contributed by atoms with Gasteiger partial charge in [0.1, 0.15) is 5.75 Å². The number of ether oxygens (including phenoxy) is 1. The molecule has 0 saturated carbocycles. The van der Waals surface area contributed by atoms with Crippen molar-refractivity contribution >= 4 is 23.2 Å². The second-order valence-corrected chi connectivity index (χ2v) is 6.09. The molecular weight excluding hydrogens is 330 g/mol. The van der Waals surface area contributed by atoms with Crippen molar-refractivity contribution in [2.24, 2.45) is 0 Å². The van der Waals surface area contributed by atoms with Crippen LogP contribution in [-0.4, -0.2) is 24.5 Å². The van der Waals surface area contributed by atoms with Gasteiger partial charge < -0.3 is 15.0 Å². The Kier molecular flexibility index (Phi) is 5.18. The second-order valence-electron chi connectivity index (χ2n) is 6.09. The second kappa shape index (κ2) is 7.70. The largest absolute Gasteiger partial charge is 0.481 e. The van der Waals surface area contributed by atoms with Crippen LogP contribution in [0.15, 0.2) is 48.5 Å². The topological polar surface area (TPSA) is 82.4 Å². The fourth-order valence-corrected chi connectivity index (χ4v) is 2.81. The molecule has 0 spiro atoms. The number of hydrogen-bond donors (Lipinski definition) is 1. The summed E-state index contributed by atoms with van der Waals surface area (Å²) in [6.45, 7) is 2.34. The van der Waals surface area contributed by atoms with Crippen LogP contribution in [0.2, 0.25) is 0 Å². The minimum Gasteiger partial charge on any atom is -0.481 e. The molecule has 1 fully saturated rings. The summed E-state index contributed by atoms with van der Waals surface area (Å²) in [7, 11) is 0. The van der Waals surface area contributed by atoms with Gasteiger partial charge in [0.25, 0.3) is 5.91 Å². The number of hydrogen-bond acceptors (Lipinski definition) is 4. The minimum absolute atomic E-state index is 0.0996. The van der Waals surface area contributed by atoms with E-state index >= 15 is 0 Å². The van der Waals surface area contributed by atoms with Gasteiger partial charge in [0.15, 0.2) is 6.10 Å². The van der Waals surface area contributed by atoms with E-state index in [-0.39, 0.29) is 11.8 Å². The highest BCUT2D eigenvalue weighted by Crippen LogP contribution is 2.24. The van der Waals surface area contributed by atoms with E-state index in [0.29, 0.717) is 30.0 Å². The monoisotopic (exact) mass is 349 g/mol. The molecule has 26 heavy (non-hydrogen) atoms. The number of nitrogens with zero attached hydrogens (tertiary/aromatic N) is 2. The number of nitrogens with one attached hydrogen (secondary N) is 1. The molecule has 2 amide bonds. The van der Waals surface area contributed by atoms with E-state index in [1.54, 1.807) is 54.3 Å². The van der Waals surface area contributed by atoms with Crippen LogP contribution in [0.4, 0.5) is 11.4 Å². The highest BCUT2D eigenvalue weighted by molar-refractivity contribution is 5.97. The quantitative estimate of drug-likeness (QED) is 0.899. The van der Waals surface area contributed by atoms with Gasteiger partial charge >= 0.3 is 0 Å². The molecule has 0 aliphatic carbocycles. The molecule has 1 unspecified atom stereocenters. The molecule has 1 N–H and O–H groups in total. The molecule has 1 aliphatic heterocycles. The lowest BCUT2D eigenvalue weighted by atomic mass is 10.2. The Labute approximate surface area is 152 Å². The van der Waals surface area contributed by atoms with Crippen LogP contribution in [0, 0.1) is 11.3 Å². The molecule has 1 atom stereocenters. The molecular formula is C20H19N3O3. The molecule has 2 aromatic carbocycles. The highest BCUT2D eigenvalue weighted by atomic mass is 16.5. The van der Waals surface area contributed by atoms with Gasteiger partial charge in [-0.05, 0) is 49.7 Å². The predicted molar refractivity (Wildman–Crippen MR) is 97.9 cm³/mol. The van der Waals surface area contributed by atoms with Gasteiger partial charge in [-0.25, -0.2) is 0 Å². The van der Waals surface area contributed by atoms with Gasteiger partial charge in [0.05, 0.1) is 11.6 Å². The van der Waals surface area contributed by atoms with Crippen molar-refractivity contribution in [3.63, 3.8) is 0 Å². The van der Waals surface area contributed by atoms with E-state index in [1.165, 1.54) is 0 Å². The first kappa shape index (κ1) is 17.5. The Bertz CT molecular complexity index is 873. The summed E-state index contributed by atoms with van der Waals surface area (Å²) in [4.78, 5) is 26.0. The Morgan fingerprint density at radius 3 is 2.81 bits per heavy atom. The Morgan fingerprint density at radius 1 is 1.27 bits per heavy atom. The molecule has 6 heteroatoms. The van der Waals surface area contributed by atoms with Crippen LogP contribution in [0.3, 0.4) is 0 Å². The van der Waals surface area contributed by atoms with E-state index in [9.17, 15) is 9.59 Å². The lowest BCUT2D eigenvalue weighted by Crippen LogP contribution is -2.30. The number of amides is 2. The SMILES string of the molecule is CC(Oc1cccc(C#N)c1)C(=O)Nc1cccc(N2CCCC2=O)c1. The number of rotatable bonds is 5. The molecule has 0 aromatic heterocycles. The van der Waals surface area contributed by atoms with Gasteiger partial charge in [0, 0.05) is 24.3 Å². The molecule has 1 saturated heterocycles. The van der Waals surface area contributed by atoms with E-state index in [0.717, 1.165) is 12.1 Å². The summed E-state index contributed by atoms with van der Waals surface area (Å²) < 4.78 is 5.61. The normalized spacial score (nSPS) is 14.6. The first-order chi connectivity index (χ1) is 12.6. The third kappa shape index (κ3) is 4.01. The van der Waals surface area contributed by atoms with Crippen LogP contribution in [0.25, 0.3) is 0 Å². The predicted octanol–water partition coefficient (Wildman–Crippen LogP) is 3.09. The summed E-state index contributed by atoms with van der Waals surface area (Å²) in [6, 6.07) is 15.9. The maximum absolute atomic E-state index is 12.4. The number of anilines is 2. The summed E-state index contributed by atoms with van der Waals surface area (Å²) in [5.41, 5.74) is 1.85. The standard InChI is InChI=1S/C20H19N3O3/c1-14(26-18-8-2-5-15(11-18)13-21)20(25)22-16-6-3-7-17(12-16)23-10-4-9-19(23)24/h2-3,5-8,11-12,14H,4,9-10H2,1H3,(H,22,25). The van der Waals surface area contributed by atoms with E-state index in [2.05, 4.69) is 5.32 Å². The third-order valence-electron chi connectivity index (χ3n) is 4.14. The lowest BCUT2D eigenvalue weighted by Gasteiger charge is -2.18. The van der Waals surface area contributed by atoms with Gasteiger partial charge in [0.2, 0.25) is 5.91 Å². The van der Waals surface area contributed by atoms with E-state index in [1.807, 2.05) is 12.1 Å². The van der Waals surface area contributed by atoms with Crippen molar-refractivity contribution in [1.29, 1.82) is 5.26 Å². The van der Waals surface area contributed by atoms with Crippen LogP contribution < -0.4 is 15.0 Å². The van der Waals surface area contributed by atoms with Crippen LogP contribution in [-0.2, 0) is 9.59 Å². The van der Waals surface area contributed by atoms with Gasteiger partial charge in [-0.15, -0.1) is 0 Å². The average molecular weight is 349 g/mol. The molecule has 132 valence electrons. The Morgan fingerprint density at radius 2 is 2.08 bits per heavy atom. The van der Waals surface area contributed by atoms with Crippen molar-refractivity contribution in [3.05, 3.63) is 54.1 Å². The maximum Gasteiger partial charge on any atom is 0.265 e. The summed E-state index contributed by atoms with van der Waals surface area (Å²) in [5.74, 6) is 0.253. The number of nitriles is 1. The average Bonchev–Trinajstić information content (AvgIpc) is 3.08. The number of carbonyl (C=O) groups is 2. The number of benzene rings is 2. The van der Waals surface area contributed by atoms with Gasteiger partial charge in [-0.1, -0.05) is 12.1 Å².